The van der Waals surface area contributed by atoms with Crippen molar-refractivity contribution < 1.29 is 9.53 Å². The van der Waals surface area contributed by atoms with Gasteiger partial charge in [-0.3, -0.25) is 4.79 Å². The molecule has 0 radical (unpaired) electrons. The van der Waals surface area contributed by atoms with E-state index in [2.05, 4.69) is 17.4 Å². The fourth-order valence-corrected chi connectivity index (χ4v) is 2.48. The molecular weight excluding hydrogens is 312 g/mol. The van der Waals surface area contributed by atoms with E-state index in [4.69, 9.17) is 22.1 Å². The third-order valence-electron chi connectivity index (χ3n) is 3.65. The molecule has 0 saturated heterocycles. The number of hydrogen-bond donors (Lipinski definition) is 2. The highest BCUT2D eigenvalue weighted by atomic mass is 35.5. The van der Waals surface area contributed by atoms with E-state index in [9.17, 15) is 4.79 Å². The van der Waals surface area contributed by atoms with Gasteiger partial charge in [-0.2, -0.15) is 0 Å². The number of nitrogens with one attached hydrogen (secondary N) is 1. The van der Waals surface area contributed by atoms with Gasteiger partial charge in [-0.15, -0.1) is 0 Å². The summed E-state index contributed by atoms with van der Waals surface area (Å²) in [5, 5.41) is 3.31. The highest BCUT2D eigenvalue weighted by Gasteiger charge is 2.16. The number of rotatable bonds is 6. The summed E-state index contributed by atoms with van der Waals surface area (Å²) >= 11 is 6.00. The van der Waals surface area contributed by atoms with Crippen LogP contribution in [0.15, 0.2) is 42.5 Å². The molecule has 0 heterocycles. The molecule has 23 heavy (non-hydrogen) atoms. The zero-order valence-corrected chi connectivity index (χ0v) is 14.1. The Kier molecular flexibility index (Phi) is 5.88. The van der Waals surface area contributed by atoms with E-state index < -0.39 is 0 Å². The number of benzene rings is 2. The first-order valence-electron chi connectivity index (χ1n) is 7.49. The smallest absolute Gasteiger partial charge is 0.255 e. The average molecular weight is 333 g/mol. The Hall–Kier alpha value is -2.20. The van der Waals surface area contributed by atoms with E-state index in [0.717, 1.165) is 12.8 Å². The molecule has 2 aromatic carbocycles. The minimum atomic E-state index is -0.218. The van der Waals surface area contributed by atoms with Gasteiger partial charge >= 0.3 is 0 Å². The molecule has 1 unspecified atom stereocenters. The van der Waals surface area contributed by atoms with Crippen LogP contribution in [0.2, 0.25) is 5.02 Å². The summed E-state index contributed by atoms with van der Waals surface area (Å²) in [6.45, 7) is 1.98. The van der Waals surface area contributed by atoms with Crippen LogP contribution < -0.4 is 15.8 Å². The lowest BCUT2D eigenvalue weighted by molar-refractivity contribution is 0.0935. The van der Waals surface area contributed by atoms with Crippen molar-refractivity contribution in [1.82, 2.24) is 5.32 Å². The van der Waals surface area contributed by atoms with Crippen molar-refractivity contribution in [3.8, 4) is 5.75 Å². The maximum absolute atomic E-state index is 12.4. The second kappa shape index (κ2) is 7.88. The second-order valence-corrected chi connectivity index (χ2v) is 5.88. The number of aryl methyl sites for hydroxylation is 1. The first kappa shape index (κ1) is 17.2. The third-order valence-corrected chi connectivity index (χ3v) is 3.98. The number of ether oxygens (including phenoxy) is 1. The molecule has 0 aromatic heterocycles. The fourth-order valence-electron chi connectivity index (χ4n) is 2.32. The number of anilines is 1. The number of halogens is 1. The molecule has 122 valence electrons. The van der Waals surface area contributed by atoms with E-state index in [1.807, 2.05) is 25.1 Å². The summed E-state index contributed by atoms with van der Waals surface area (Å²) in [4.78, 5) is 12.4. The molecule has 1 amide bonds. The SMILES string of the molecule is COc1cc(N)c(Cl)cc1C(=O)NC(C)CCc1ccccc1. The minimum Gasteiger partial charge on any atom is -0.496 e. The van der Waals surface area contributed by atoms with Gasteiger partial charge < -0.3 is 15.8 Å². The highest BCUT2D eigenvalue weighted by Crippen LogP contribution is 2.28. The van der Waals surface area contributed by atoms with Gasteiger partial charge in [0.05, 0.1) is 23.4 Å². The number of carbonyl (C=O) groups is 1. The van der Waals surface area contributed by atoms with Crippen molar-refractivity contribution in [2.24, 2.45) is 0 Å². The molecule has 0 saturated carbocycles. The molecule has 3 N–H and O–H groups in total. The van der Waals surface area contributed by atoms with Crippen LogP contribution in [0, 0.1) is 0 Å². The molecule has 2 rings (SSSR count). The van der Waals surface area contributed by atoms with Crippen LogP contribution in [0.1, 0.15) is 29.3 Å². The van der Waals surface area contributed by atoms with Crippen LogP contribution in [-0.4, -0.2) is 19.1 Å². The second-order valence-electron chi connectivity index (χ2n) is 5.47. The maximum atomic E-state index is 12.4. The van der Waals surface area contributed by atoms with Crippen molar-refractivity contribution in [3.63, 3.8) is 0 Å². The van der Waals surface area contributed by atoms with Crippen molar-refractivity contribution in [1.29, 1.82) is 0 Å². The van der Waals surface area contributed by atoms with E-state index in [1.54, 1.807) is 6.07 Å². The van der Waals surface area contributed by atoms with Gasteiger partial charge in [0.2, 0.25) is 0 Å². The summed E-state index contributed by atoms with van der Waals surface area (Å²) in [5.74, 6) is 0.198. The third kappa shape index (κ3) is 4.63. The van der Waals surface area contributed by atoms with E-state index in [0.29, 0.717) is 22.0 Å². The van der Waals surface area contributed by atoms with Gasteiger partial charge in [0.1, 0.15) is 5.75 Å². The number of carbonyl (C=O) groups excluding carboxylic acids is 1. The zero-order chi connectivity index (χ0) is 16.8. The lowest BCUT2D eigenvalue weighted by Crippen LogP contribution is -2.33. The summed E-state index contributed by atoms with van der Waals surface area (Å²) in [7, 11) is 1.50. The lowest BCUT2D eigenvalue weighted by Gasteiger charge is -2.16. The van der Waals surface area contributed by atoms with Gasteiger partial charge in [-0.05, 0) is 31.4 Å². The highest BCUT2D eigenvalue weighted by molar-refractivity contribution is 6.33. The molecule has 0 aliphatic heterocycles. The summed E-state index contributed by atoms with van der Waals surface area (Å²) < 4.78 is 5.21. The van der Waals surface area contributed by atoms with Crippen LogP contribution in [-0.2, 0) is 6.42 Å². The molecule has 1 atom stereocenters. The normalized spacial score (nSPS) is 11.8. The first-order chi connectivity index (χ1) is 11.0. The quantitative estimate of drug-likeness (QED) is 0.793. The van der Waals surface area contributed by atoms with Gasteiger partial charge in [-0.1, -0.05) is 41.9 Å². The topological polar surface area (TPSA) is 64.3 Å². The zero-order valence-electron chi connectivity index (χ0n) is 13.3. The van der Waals surface area contributed by atoms with Crippen molar-refractivity contribution in [3.05, 3.63) is 58.6 Å². The first-order valence-corrected chi connectivity index (χ1v) is 7.87. The molecule has 5 heteroatoms. The standard InChI is InChI=1S/C18H21ClN2O2/c1-12(8-9-13-6-4-3-5-7-13)21-18(22)14-10-15(19)16(20)11-17(14)23-2/h3-7,10-12H,8-9,20H2,1-2H3,(H,21,22). The van der Waals surface area contributed by atoms with Crippen LogP contribution in [0.4, 0.5) is 5.69 Å². The van der Waals surface area contributed by atoms with Gasteiger partial charge in [-0.25, -0.2) is 0 Å². The summed E-state index contributed by atoms with van der Waals surface area (Å²) in [6.07, 6.45) is 1.75. The van der Waals surface area contributed by atoms with Crippen molar-refractivity contribution >= 4 is 23.2 Å². The summed E-state index contributed by atoms with van der Waals surface area (Å²) in [5.41, 5.74) is 7.76. The number of amides is 1. The van der Waals surface area contributed by atoms with Crippen LogP contribution in [0.3, 0.4) is 0 Å². The molecule has 0 spiro atoms. The Balaban J connectivity index is 2.00. The van der Waals surface area contributed by atoms with Gasteiger partial charge in [0.15, 0.2) is 0 Å². The monoisotopic (exact) mass is 332 g/mol. The van der Waals surface area contributed by atoms with E-state index in [1.165, 1.54) is 18.7 Å². The van der Waals surface area contributed by atoms with Crippen LogP contribution >= 0.6 is 11.6 Å². The molecular formula is C18H21ClN2O2. The van der Waals surface area contributed by atoms with E-state index >= 15 is 0 Å². The molecule has 0 fully saturated rings. The molecule has 4 nitrogen and oxygen atoms in total. The van der Waals surface area contributed by atoms with Gasteiger partial charge in [0.25, 0.3) is 5.91 Å². The average Bonchev–Trinajstić information content (AvgIpc) is 2.56. The Morgan fingerprint density at radius 3 is 2.65 bits per heavy atom. The number of nitrogen functional groups attached to an aromatic ring is 1. The Labute approximate surface area is 141 Å². The Morgan fingerprint density at radius 2 is 2.00 bits per heavy atom. The predicted octanol–water partition coefficient (Wildman–Crippen LogP) is 3.68. The van der Waals surface area contributed by atoms with Crippen molar-refractivity contribution in [2.45, 2.75) is 25.8 Å². The predicted molar refractivity (Wildman–Crippen MR) is 94.1 cm³/mol. The van der Waals surface area contributed by atoms with E-state index in [-0.39, 0.29) is 11.9 Å². The van der Waals surface area contributed by atoms with Gasteiger partial charge in [0, 0.05) is 12.1 Å². The number of hydrogen-bond acceptors (Lipinski definition) is 3. The molecule has 0 aliphatic rings. The number of nitrogens with two attached hydrogens (primary N) is 1. The largest absolute Gasteiger partial charge is 0.496 e. The van der Waals surface area contributed by atoms with Crippen LogP contribution in [0.5, 0.6) is 5.75 Å². The lowest BCUT2D eigenvalue weighted by atomic mass is 10.1. The minimum absolute atomic E-state index is 0.0312. The number of methoxy groups -OCH3 is 1. The Bertz CT molecular complexity index is 674. The maximum Gasteiger partial charge on any atom is 0.255 e. The summed E-state index contributed by atoms with van der Waals surface area (Å²) in [6, 6.07) is 13.3. The molecule has 2 aromatic rings. The van der Waals surface area contributed by atoms with Crippen LogP contribution in [0.25, 0.3) is 0 Å². The molecule has 0 bridgehead atoms. The fraction of sp³-hybridized carbons (Fsp3) is 0.278. The Morgan fingerprint density at radius 1 is 1.30 bits per heavy atom. The molecule has 0 aliphatic carbocycles. The van der Waals surface area contributed by atoms with Crippen molar-refractivity contribution in [2.75, 3.05) is 12.8 Å².